The van der Waals surface area contributed by atoms with Crippen LogP contribution in [-0.2, 0) is 9.53 Å². The summed E-state index contributed by atoms with van der Waals surface area (Å²) < 4.78 is 31.9. The van der Waals surface area contributed by atoms with Gasteiger partial charge in [0.15, 0.2) is 0 Å². The van der Waals surface area contributed by atoms with Gasteiger partial charge in [-0.25, -0.2) is 4.79 Å². The van der Waals surface area contributed by atoms with Crippen LogP contribution in [0.2, 0.25) is 0 Å². The van der Waals surface area contributed by atoms with Crippen LogP contribution in [0.25, 0.3) is 0 Å². The molecule has 1 aromatic carbocycles. The Morgan fingerprint density at radius 2 is 2.05 bits per heavy atom. The van der Waals surface area contributed by atoms with Crippen molar-refractivity contribution in [2.45, 2.75) is 25.8 Å². The Labute approximate surface area is 121 Å². The molecule has 0 bridgehead atoms. The summed E-state index contributed by atoms with van der Waals surface area (Å²) in [4.78, 5) is 11.2. The Balaban J connectivity index is 0.00000361. The van der Waals surface area contributed by atoms with Gasteiger partial charge in [0.2, 0.25) is 0 Å². The van der Waals surface area contributed by atoms with E-state index >= 15 is 0 Å². The minimum Gasteiger partial charge on any atom is -0.505 e. The Bertz CT molecular complexity index is 498. The predicted molar refractivity (Wildman–Crippen MR) is 73.0 cm³/mol. The largest absolute Gasteiger partial charge is 0.505 e. The van der Waals surface area contributed by atoms with Crippen LogP contribution >= 0.6 is 12.4 Å². The highest BCUT2D eigenvalue weighted by atomic mass is 35.5. The molecule has 0 heterocycles. The summed E-state index contributed by atoms with van der Waals surface area (Å²) in [5.41, 5.74) is 10.8. The fraction of sp³-hybridized carbons (Fsp3) is 0.417. The van der Waals surface area contributed by atoms with E-state index in [1.54, 1.807) is 0 Å². The van der Waals surface area contributed by atoms with Gasteiger partial charge in [-0.1, -0.05) is 6.07 Å². The fourth-order valence-electron chi connectivity index (χ4n) is 1.65. The van der Waals surface area contributed by atoms with E-state index in [2.05, 4.69) is 4.74 Å². The minimum atomic E-state index is -3.95. The highest BCUT2D eigenvalue weighted by molar-refractivity contribution is 5.85. The number of rotatable bonds is 4. The maximum Gasteiger partial charge on any atom is 0.379 e. The molecule has 0 amide bonds. The Morgan fingerprint density at radius 1 is 1.50 bits per heavy atom. The molecule has 0 aliphatic rings. The molecular weight excluding hydrogens is 294 g/mol. The maximum absolute atomic E-state index is 13.8. The Hall–Kier alpha value is -1.60. The number of ether oxygens (including phenoxy) is 1. The molecule has 20 heavy (non-hydrogen) atoms. The van der Waals surface area contributed by atoms with E-state index in [-0.39, 0.29) is 30.3 Å². The van der Waals surface area contributed by atoms with E-state index in [1.807, 2.05) is 0 Å². The van der Waals surface area contributed by atoms with Gasteiger partial charge in [0.1, 0.15) is 11.8 Å². The number of alkyl halides is 2. The Morgan fingerprint density at radius 3 is 2.55 bits per heavy atom. The van der Waals surface area contributed by atoms with Crippen LogP contribution in [0.15, 0.2) is 12.1 Å². The van der Waals surface area contributed by atoms with E-state index in [0.29, 0.717) is 5.56 Å². The van der Waals surface area contributed by atoms with Crippen molar-refractivity contribution in [2.75, 3.05) is 12.3 Å². The van der Waals surface area contributed by atoms with Crippen molar-refractivity contribution >= 4 is 24.1 Å². The number of aromatic hydroxyl groups is 1. The second kappa shape index (κ2) is 6.71. The van der Waals surface area contributed by atoms with E-state index in [0.717, 1.165) is 0 Å². The van der Waals surface area contributed by atoms with Crippen LogP contribution in [0.3, 0.4) is 0 Å². The van der Waals surface area contributed by atoms with Gasteiger partial charge in [-0.15, -0.1) is 12.4 Å². The molecule has 0 fully saturated rings. The number of carbonyl (C=O) groups is 1. The average Bonchev–Trinajstić information content (AvgIpc) is 2.34. The summed E-state index contributed by atoms with van der Waals surface area (Å²) in [5, 5.41) is 9.73. The SMILES string of the molecule is CCOC(=O)C(F)(F)[C@@H](N)c1c(C)ccc(N)c1O.Cl. The van der Waals surface area contributed by atoms with Gasteiger partial charge in [-0.3, -0.25) is 0 Å². The van der Waals surface area contributed by atoms with Crippen LogP contribution in [0.5, 0.6) is 5.75 Å². The van der Waals surface area contributed by atoms with Gasteiger partial charge < -0.3 is 21.3 Å². The molecule has 0 radical (unpaired) electrons. The van der Waals surface area contributed by atoms with Crippen molar-refractivity contribution < 1.29 is 23.4 Å². The summed E-state index contributed by atoms with van der Waals surface area (Å²) in [6.07, 6.45) is 0. The van der Waals surface area contributed by atoms with Gasteiger partial charge in [0.25, 0.3) is 0 Å². The summed E-state index contributed by atoms with van der Waals surface area (Å²) in [7, 11) is 0. The number of hydrogen-bond acceptors (Lipinski definition) is 5. The van der Waals surface area contributed by atoms with Crippen molar-refractivity contribution in [3.8, 4) is 5.75 Å². The van der Waals surface area contributed by atoms with Gasteiger partial charge in [-0.2, -0.15) is 8.78 Å². The molecule has 0 unspecified atom stereocenters. The molecule has 8 heteroatoms. The smallest absolute Gasteiger partial charge is 0.379 e. The quantitative estimate of drug-likeness (QED) is 0.448. The topological polar surface area (TPSA) is 98.6 Å². The fourth-order valence-corrected chi connectivity index (χ4v) is 1.65. The van der Waals surface area contributed by atoms with Crippen LogP contribution in [-0.4, -0.2) is 23.6 Å². The first-order chi connectivity index (χ1) is 8.73. The summed E-state index contributed by atoms with van der Waals surface area (Å²) in [5.74, 6) is -6.23. The lowest BCUT2D eigenvalue weighted by atomic mass is 9.95. The third-order valence-electron chi connectivity index (χ3n) is 2.72. The van der Waals surface area contributed by atoms with E-state index in [4.69, 9.17) is 11.5 Å². The Kier molecular flexibility index (Phi) is 6.18. The third-order valence-corrected chi connectivity index (χ3v) is 2.72. The van der Waals surface area contributed by atoms with Crippen molar-refractivity contribution in [1.29, 1.82) is 0 Å². The molecule has 1 aromatic rings. The maximum atomic E-state index is 13.8. The van der Waals surface area contributed by atoms with Crippen LogP contribution in [0, 0.1) is 6.92 Å². The number of phenolic OH excluding ortho intramolecular Hbond substituents is 1. The highest BCUT2D eigenvalue weighted by Crippen LogP contribution is 2.39. The lowest BCUT2D eigenvalue weighted by Crippen LogP contribution is -2.42. The number of phenols is 1. The summed E-state index contributed by atoms with van der Waals surface area (Å²) >= 11 is 0. The van der Waals surface area contributed by atoms with Crippen LogP contribution in [0.1, 0.15) is 24.1 Å². The monoisotopic (exact) mass is 310 g/mol. The number of esters is 1. The van der Waals surface area contributed by atoms with Gasteiger partial charge >= 0.3 is 11.9 Å². The molecule has 0 spiro atoms. The zero-order valence-corrected chi connectivity index (χ0v) is 11.8. The zero-order valence-electron chi connectivity index (χ0n) is 11.0. The second-order valence-electron chi connectivity index (χ2n) is 4.06. The van der Waals surface area contributed by atoms with E-state index in [1.165, 1.54) is 26.0 Å². The molecule has 114 valence electrons. The first-order valence-corrected chi connectivity index (χ1v) is 5.62. The molecule has 1 atom stereocenters. The summed E-state index contributed by atoms with van der Waals surface area (Å²) in [6.45, 7) is 2.70. The molecule has 0 saturated heterocycles. The normalized spacial score (nSPS) is 12.4. The molecule has 5 nitrogen and oxygen atoms in total. The van der Waals surface area contributed by atoms with Crippen LogP contribution < -0.4 is 11.5 Å². The van der Waals surface area contributed by atoms with Crippen molar-refractivity contribution in [1.82, 2.24) is 0 Å². The number of nitrogens with two attached hydrogens (primary N) is 2. The molecular formula is C12H17ClF2N2O3. The number of hydrogen-bond donors (Lipinski definition) is 3. The molecule has 0 aliphatic carbocycles. The van der Waals surface area contributed by atoms with Crippen molar-refractivity contribution in [3.63, 3.8) is 0 Å². The lowest BCUT2D eigenvalue weighted by Gasteiger charge is -2.24. The first kappa shape index (κ1) is 18.4. The number of nitrogen functional groups attached to an aromatic ring is 1. The van der Waals surface area contributed by atoms with Gasteiger partial charge in [-0.05, 0) is 25.5 Å². The second-order valence-corrected chi connectivity index (χ2v) is 4.06. The molecule has 1 rings (SSSR count). The van der Waals surface area contributed by atoms with E-state index < -0.39 is 23.7 Å². The van der Waals surface area contributed by atoms with Gasteiger partial charge in [0.05, 0.1) is 12.3 Å². The number of carbonyl (C=O) groups excluding carboxylic acids is 1. The number of benzene rings is 1. The molecule has 0 aliphatic heterocycles. The van der Waals surface area contributed by atoms with E-state index in [9.17, 15) is 18.7 Å². The van der Waals surface area contributed by atoms with Gasteiger partial charge in [0, 0.05) is 5.56 Å². The number of anilines is 1. The first-order valence-electron chi connectivity index (χ1n) is 5.62. The number of aryl methyl sites for hydroxylation is 1. The van der Waals surface area contributed by atoms with Crippen molar-refractivity contribution in [3.05, 3.63) is 23.3 Å². The molecule has 5 N–H and O–H groups in total. The third kappa shape index (κ3) is 3.29. The lowest BCUT2D eigenvalue weighted by molar-refractivity contribution is -0.174. The van der Waals surface area contributed by atoms with Crippen LogP contribution in [0.4, 0.5) is 14.5 Å². The average molecular weight is 311 g/mol. The predicted octanol–water partition coefficient (Wildman–Crippen LogP) is 1.90. The highest BCUT2D eigenvalue weighted by Gasteiger charge is 2.49. The molecule has 0 aromatic heterocycles. The van der Waals surface area contributed by atoms with Crippen molar-refractivity contribution in [2.24, 2.45) is 5.73 Å². The minimum absolute atomic E-state index is 0. The standard InChI is InChI=1S/C12H16F2N2O3.ClH/c1-3-19-11(18)12(13,14)10(16)8-6(2)4-5-7(15)9(8)17;/h4-5,10,17H,3,15-16H2,1-2H3;1H/t10-;/m0./s1. The summed E-state index contributed by atoms with van der Waals surface area (Å²) in [6, 6.07) is 0.768. The molecule has 0 saturated carbocycles. The number of halogens is 3. The zero-order chi connectivity index (χ0) is 14.8.